The van der Waals surface area contributed by atoms with E-state index in [1.54, 1.807) is 6.07 Å². The summed E-state index contributed by atoms with van der Waals surface area (Å²) in [5.41, 5.74) is 3.63. The van der Waals surface area contributed by atoms with Gasteiger partial charge in [-0.2, -0.15) is 0 Å². The van der Waals surface area contributed by atoms with Crippen LogP contribution in [0.25, 0.3) is 0 Å². The summed E-state index contributed by atoms with van der Waals surface area (Å²) < 4.78 is 24.7. The summed E-state index contributed by atoms with van der Waals surface area (Å²) in [4.78, 5) is 0. The number of hydrazine groups is 1. The Kier molecular flexibility index (Phi) is 4.62. The normalized spacial score (nSPS) is 31.3. The summed E-state index contributed by atoms with van der Waals surface area (Å²) in [7, 11) is 1.45. The van der Waals surface area contributed by atoms with Crippen LogP contribution in [0.4, 0.5) is 4.39 Å². The fourth-order valence-electron chi connectivity index (χ4n) is 3.17. The number of hydrogen-bond donors (Lipinski definition) is 2. The fourth-order valence-corrected chi connectivity index (χ4v) is 3.17. The van der Waals surface area contributed by atoms with Crippen molar-refractivity contribution >= 4 is 0 Å². The van der Waals surface area contributed by atoms with Gasteiger partial charge in [0.2, 0.25) is 0 Å². The minimum absolute atomic E-state index is 0.0752. The van der Waals surface area contributed by atoms with Crippen molar-refractivity contribution in [2.24, 2.45) is 17.7 Å². The first-order chi connectivity index (χ1) is 9.49. The Hall–Kier alpha value is -1.17. The summed E-state index contributed by atoms with van der Waals surface area (Å²) in [5, 5.41) is 0. The summed E-state index contributed by atoms with van der Waals surface area (Å²) in [6.07, 6.45) is 0.250. The summed E-state index contributed by atoms with van der Waals surface area (Å²) in [5.74, 6) is 6.12. The molecule has 0 radical (unpaired) electrons. The van der Waals surface area contributed by atoms with Crippen LogP contribution in [-0.4, -0.2) is 19.3 Å². The SMILES string of the molecule is COc1ccc(C(NN)C2C(C)OC(C)C2C)cc1F. The van der Waals surface area contributed by atoms with Crippen molar-refractivity contribution in [2.75, 3.05) is 7.11 Å². The number of nitrogens with two attached hydrogens (primary N) is 1. The van der Waals surface area contributed by atoms with Crippen LogP contribution in [0.1, 0.15) is 32.4 Å². The Balaban J connectivity index is 2.30. The molecule has 1 fully saturated rings. The first kappa shape index (κ1) is 15.2. The first-order valence-electron chi connectivity index (χ1n) is 6.94. The van der Waals surface area contributed by atoms with Crippen molar-refractivity contribution in [1.82, 2.24) is 5.43 Å². The number of ether oxygens (including phenoxy) is 2. The van der Waals surface area contributed by atoms with E-state index in [-0.39, 0.29) is 35.7 Å². The average Bonchev–Trinajstić information content (AvgIpc) is 2.66. The van der Waals surface area contributed by atoms with Gasteiger partial charge in [0.15, 0.2) is 11.6 Å². The van der Waals surface area contributed by atoms with E-state index in [1.165, 1.54) is 13.2 Å². The van der Waals surface area contributed by atoms with Gasteiger partial charge in [0, 0.05) is 5.92 Å². The Morgan fingerprint density at radius 1 is 1.30 bits per heavy atom. The van der Waals surface area contributed by atoms with Crippen molar-refractivity contribution in [3.8, 4) is 5.75 Å². The predicted octanol–water partition coefficient (Wildman–Crippen LogP) is 2.40. The molecule has 0 saturated carbocycles. The maximum Gasteiger partial charge on any atom is 0.165 e. The molecule has 0 aliphatic carbocycles. The largest absolute Gasteiger partial charge is 0.494 e. The highest BCUT2D eigenvalue weighted by Gasteiger charge is 2.42. The second-order valence-corrected chi connectivity index (χ2v) is 5.52. The molecule has 1 aromatic rings. The standard InChI is InChI=1S/C15H23FN2O2/c1-8-9(2)20-10(3)14(8)15(18-17)11-5-6-13(19-4)12(16)7-11/h5-10,14-15,18H,17H2,1-4H3. The minimum Gasteiger partial charge on any atom is -0.494 e. The van der Waals surface area contributed by atoms with E-state index in [0.29, 0.717) is 5.92 Å². The molecule has 0 spiro atoms. The van der Waals surface area contributed by atoms with Gasteiger partial charge in [-0.3, -0.25) is 11.3 Å². The summed E-state index contributed by atoms with van der Waals surface area (Å²) >= 11 is 0. The number of hydrogen-bond acceptors (Lipinski definition) is 4. The highest BCUT2D eigenvalue weighted by Crippen LogP contribution is 2.40. The molecule has 1 aromatic carbocycles. The number of halogens is 1. The number of nitrogens with one attached hydrogen (secondary N) is 1. The zero-order chi connectivity index (χ0) is 14.9. The lowest BCUT2D eigenvalue weighted by Crippen LogP contribution is -2.38. The molecule has 5 unspecified atom stereocenters. The van der Waals surface area contributed by atoms with E-state index in [4.69, 9.17) is 15.3 Å². The highest BCUT2D eigenvalue weighted by atomic mass is 19.1. The molecule has 2 rings (SSSR count). The van der Waals surface area contributed by atoms with Crippen LogP contribution in [0.2, 0.25) is 0 Å². The van der Waals surface area contributed by atoms with Gasteiger partial charge in [0.05, 0.1) is 25.4 Å². The molecule has 1 aliphatic rings. The molecule has 0 amide bonds. The average molecular weight is 282 g/mol. The molecule has 1 heterocycles. The smallest absolute Gasteiger partial charge is 0.165 e. The van der Waals surface area contributed by atoms with E-state index in [9.17, 15) is 4.39 Å². The van der Waals surface area contributed by atoms with Gasteiger partial charge < -0.3 is 9.47 Å². The van der Waals surface area contributed by atoms with Crippen molar-refractivity contribution in [3.05, 3.63) is 29.6 Å². The second kappa shape index (κ2) is 6.08. The number of rotatable bonds is 4. The van der Waals surface area contributed by atoms with E-state index in [2.05, 4.69) is 19.3 Å². The minimum atomic E-state index is -0.377. The Labute approximate surface area is 119 Å². The highest BCUT2D eigenvalue weighted by molar-refractivity contribution is 5.31. The van der Waals surface area contributed by atoms with Crippen LogP contribution in [0.5, 0.6) is 5.75 Å². The lowest BCUT2D eigenvalue weighted by atomic mass is 9.81. The molecule has 4 nitrogen and oxygen atoms in total. The second-order valence-electron chi connectivity index (χ2n) is 5.52. The van der Waals surface area contributed by atoms with Crippen LogP contribution in [0.15, 0.2) is 18.2 Å². The van der Waals surface area contributed by atoms with E-state index in [1.807, 2.05) is 13.0 Å². The van der Waals surface area contributed by atoms with Gasteiger partial charge in [0.1, 0.15) is 0 Å². The molecule has 0 aromatic heterocycles. The number of methoxy groups -OCH3 is 1. The van der Waals surface area contributed by atoms with Gasteiger partial charge in [-0.1, -0.05) is 13.0 Å². The third kappa shape index (κ3) is 2.66. The van der Waals surface area contributed by atoms with Gasteiger partial charge in [-0.05, 0) is 37.5 Å². The van der Waals surface area contributed by atoms with Crippen LogP contribution < -0.4 is 16.0 Å². The topological polar surface area (TPSA) is 56.5 Å². The molecular formula is C15H23FN2O2. The molecule has 112 valence electrons. The molecule has 3 N–H and O–H groups in total. The summed E-state index contributed by atoms with van der Waals surface area (Å²) in [6, 6.07) is 4.80. The quantitative estimate of drug-likeness (QED) is 0.657. The van der Waals surface area contributed by atoms with Crippen molar-refractivity contribution in [3.63, 3.8) is 0 Å². The van der Waals surface area contributed by atoms with Gasteiger partial charge in [-0.15, -0.1) is 0 Å². The van der Waals surface area contributed by atoms with Gasteiger partial charge in [0.25, 0.3) is 0 Å². The van der Waals surface area contributed by atoms with E-state index >= 15 is 0 Å². The van der Waals surface area contributed by atoms with Crippen LogP contribution in [-0.2, 0) is 4.74 Å². The van der Waals surface area contributed by atoms with Gasteiger partial charge >= 0.3 is 0 Å². The van der Waals surface area contributed by atoms with Crippen LogP contribution in [0.3, 0.4) is 0 Å². The molecule has 1 saturated heterocycles. The lowest BCUT2D eigenvalue weighted by molar-refractivity contribution is 0.0475. The Morgan fingerprint density at radius 2 is 2.00 bits per heavy atom. The molecule has 20 heavy (non-hydrogen) atoms. The molecule has 1 aliphatic heterocycles. The third-order valence-electron chi connectivity index (χ3n) is 4.42. The maximum absolute atomic E-state index is 13.9. The van der Waals surface area contributed by atoms with Crippen molar-refractivity contribution < 1.29 is 13.9 Å². The monoisotopic (exact) mass is 282 g/mol. The van der Waals surface area contributed by atoms with Crippen molar-refractivity contribution in [2.45, 2.75) is 39.0 Å². The van der Waals surface area contributed by atoms with E-state index < -0.39 is 0 Å². The fraction of sp³-hybridized carbons (Fsp3) is 0.600. The Bertz CT molecular complexity index is 469. The zero-order valence-corrected chi connectivity index (χ0v) is 12.4. The molecule has 0 bridgehead atoms. The molecule has 5 atom stereocenters. The zero-order valence-electron chi connectivity index (χ0n) is 12.4. The third-order valence-corrected chi connectivity index (χ3v) is 4.42. The Morgan fingerprint density at radius 3 is 2.45 bits per heavy atom. The first-order valence-corrected chi connectivity index (χ1v) is 6.94. The number of benzene rings is 1. The summed E-state index contributed by atoms with van der Waals surface area (Å²) in [6.45, 7) is 6.24. The van der Waals surface area contributed by atoms with Crippen LogP contribution in [0, 0.1) is 17.7 Å². The van der Waals surface area contributed by atoms with Gasteiger partial charge in [-0.25, -0.2) is 4.39 Å². The van der Waals surface area contributed by atoms with E-state index in [0.717, 1.165) is 5.56 Å². The van der Waals surface area contributed by atoms with Crippen molar-refractivity contribution in [1.29, 1.82) is 0 Å². The lowest BCUT2D eigenvalue weighted by Gasteiger charge is -2.29. The predicted molar refractivity (Wildman–Crippen MR) is 75.7 cm³/mol. The molecule has 5 heteroatoms. The maximum atomic E-state index is 13.9. The van der Waals surface area contributed by atoms with Crippen LogP contribution >= 0.6 is 0 Å². The molecular weight excluding hydrogens is 259 g/mol.